The molecule has 3 aromatic carbocycles. The number of pyridine rings is 1. The minimum absolute atomic E-state index is 0.0871. The lowest BCUT2D eigenvalue weighted by Crippen LogP contribution is -2.26. The van der Waals surface area contributed by atoms with Gasteiger partial charge in [0.1, 0.15) is 5.75 Å². The summed E-state index contributed by atoms with van der Waals surface area (Å²) in [5.74, 6) is -0.766. The van der Waals surface area contributed by atoms with Crippen LogP contribution in [0, 0.1) is 0 Å². The maximum absolute atomic E-state index is 13.8. The van der Waals surface area contributed by atoms with E-state index in [2.05, 4.69) is 10.3 Å². The molecule has 1 atom stereocenters. The maximum Gasteiger partial charge on any atom is 0.258 e. The molecule has 0 saturated heterocycles. The second kappa shape index (κ2) is 9.55. The largest absolute Gasteiger partial charge is 0.507 e. The van der Waals surface area contributed by atoms with Gasteiger partial charge in [0.25, 0.3) is 5.56 Å². The highest BCUT2D eigenvalue weighted by atomic mass is 35.5. The number of aromatic nitrogens is 2. The van der Waals surface area contributed by atoms with Gasteiger partial charge in [0, 0.05) is 47.5 Å². The highest BCUT2D eigenvalue weighted by molar-refractivity contribution is 6.31. The molecule has 1 amide bonds. The summed E-state index contributed by atoms with van der Waals surface area (Å²) < 4.78 is 1.55. The van der Waals surface area contributed by atoms with Crippen molar-refractivity contribution in [3.63, 3.8) is 0 Å². The average Bonchev–Trinajstić information content (AvgIpc) is 3.23. The monoisotopic (exact) mass is 499 g/mol. The van der Waals surface area contributed by atoms with Crippen molar-refractivity contribution in [3.05, 3.63) is 111 Å². The third-order valence-electron chi connectivity index (χ3n) is 6.67. The first-order chi connectivity index (χ1) is 17.4. The van der Waals surface area contributed by atoms with E-state index in [1.807, 2.05) is 54.6 Å². The van der Waals surface area contributed by atoms with Gasteiger partial charge in [-0.1, -0.05) is 60.1 Å². The lowest BCUT2D eigenvalue weighted by molar-refractivity contribution is -0.118. The van der Waals surface area contributed by atoms with Gasteiger partial charge in [0.15, 0.2) is 0 Å². The number of hydrogen-bond donors (Lipinski definition) is 3. The minimum atomic E-state index is -0.576. The molecule has 0 fully saturated rings. The van der Waals surface area contributed by atoms with Crippen LogP contribution in [0.1, 0.15) is 35.2 Å². The lowest BCUT2D eigenvalue weighted by atomic mass is 9.85. The van der Waals surface area contributed by atoms with E-state index in [0.29, 0.717) is 28.9 Å². The summed E-state index contributed by atoms with van der Waals surface area (Å²) in [6, 6.07) is 22.7. The number of para-hydroxylation sites is 1. The number of aryl methyl sites for hydroxylation is 1. The summed E-state index contributed by atoms with van der Waals surface area (Å²) in [6.07, 6.45) is 0.558. The standard InChI is InChI=1S/C29H26ClN3O3/c1-17(34)31-15-14-21-20-10-6-7-11-23(20)32-27(21)25(18-8-4-3-5-9-18)26-28(35)22-16-19(30)12-13-24(22)33(2)29(26)36/h3-13,16,25,32,35H,14-15H2,1-2H3,(H,31,34). The van der Waals surface area contributed by atoms with Gasteiger partial charge in [-0.3, -0.25) is 9.59 Å². The van der Waals surface area contributed by atoms with Crippen LogP contribution in [0.15, 0.2) is 77.6 Å². The highest BCUT2D eigenvalue weighted by Gasteiger charge is 2.30. The van der Waals surface area contributed by atoms with Crippen LogP contribution in [-0.4, -0.2) is 27.1 Å². The number of benzene rings is 3. The molecule has 2 aromatic heterocycles. The first-order valence-electron chi connectivity index (χ1n) is 11.8. The summed E-state index contributed by atoms with van der Waals surface area (Å²) >= 11 is 6.27. The molecule has 5 aromatic rings. The molecule has 0 aliphatic rings. The van der Waals surface area contributed by atoms with Crippen LogP contribution in [-0.2, 0) is 18.3 Å². The Balaban J connectivity index is 1.83. The smallest absolute Gasteiger partial charge is 0.258 e. The number of aromatic amines is 1. The maximum atomic E-state index is 13.8. The predicted octanol–water partition coefficient (Wildman–Crippen LogP) is 5.24. The summed E-state index contributed by atoms with van der Waals surface area (Å²) in [5.41, 5.74) is 4.15. The zero-order valence-electron chi connectivity index (χ0n) is 20.0. The zero-order valence-corrected chi connectivity index (χ0v) is 20.8. The van der Waals surface area contributed by atoms with Crippen molar-refractivity contribution in [2.45, 2.75) is 19.3 Å². The molecule has 2 heterocycles. The van der Waals surface area contributed by atoms with Crippen molar-refractivity contribution >= 4 is 39.3 Å². The molecule has 1 unspecified atom stereocenters. The number of nitrogens with one attached hydrogen (secondary N) is 2. The molecule has 5 rings (SSSR count). The van der Waals surface area contributed by atoms with Gasteiger partial charge in [-0.25, -0.2) is 0 Å². The first kappa shape index (κ1) is 23.7. The Kier molecular flexibility index (Phi) is 6.29. The van der Waals surface area contributed by atoms with Crippen LogP contribution in [0.2, 0.25) is 5.02 Å². The fraction of sp³-hybridized carbons (Fsp3) is 0.172. The van der Waals surface area contributed by atoms with E-state index in [1.165, 1.54) is 6.92 Å². The Morgan fingerprint density at radius 2 is 1.78 bits per heavy atom. The Morgan fingerprint density at radius 1 is 1.06 bits per heavy atom. The van der Waals surface area contributed by atoms with Gasteiger partial charge in [-0.05, 0) is 41.8 Å². The van der Waals surface area contributed by atoms with Crippen molar-refractivity contribution in [3.8, 4) is 5.75 Å². The molecule has 182 valence electrons. The molecule has 0 aliphatic heterocycles. The van der Waals surface area contributed by atoms with Gasteiger partial charge in [-0.2, -0.15) is 0 Å². The molecule has 0 bridgehead atoms. The van der Waals surface area contributed by atoms with Crippen LogP contribution in [0.25, 0.3) is 21.8 Å². The van der Waals surface area contributed by atoms with Crippen molar-refractivity contribution in [2.75, 3.05) is 6.54 Å². The van der Waals surface area contributed by atoms with Crippen molar-refractivity contribution < 1.29 is 9.90 Å². The van der Waals surface area contributed by atoms with E-state index in [0.717, 1.165) is 27.7 Å². The summed E-state index contributed by atoms with van der Waals surface area (Å²) in [4.78, 5) is 28.9. The van der Waals surface area contributed by atoms with Crippen LogP contribution >= 0.6 is 11.6 Å². The molecule has 7 heteroatoms. The molecule has 0 spiro atoms. The number of nitrogens with zero attached hydrogens (tertiary/aromatic N) is 1. The van der Waals surface area contributed by atoms with Gasteiger partial charge < -0.3 is 20.0 Å². The molecular formula is C29H26ClN3O3. The Bertz CT molecular complexity index is 1650. The summed E-state index contributed by atoms with van der Waals surface area (Å²) in [6.45, 7) is 1.94. The van der Waals surface area contributed by atoms with Crippen LogP contribution in [0.3, 0.4) is 0 Å². The van der Waals surface area contributed by atoms with E-state index < -0.39 is 5.92 Å². The number of hydrogen-bond acceptors (Lipinski definition) is 3. The quantitative estimate of drug-likeness (QED) is 0.298. The van der Waals surface area contributed by atoms with Gasteiger partial charge in [0.2, 0.25) is 5.91 Å². The third-order valence-corrected chi connectivity index (χ3v) is 6.91. The van der Waals surface area contributed by atoms with E-state index in [4.69, 9.17) is 11.6 Å². The molecule has 6 nitrogen and oxygen atoms in total. The fourth-order valence-corrected chi connectivity index (χ4v) is 5.18. The molecule has 0 saturated carbocycles. The number of carbonyl (C=O) groups excluding carboxylic acids is 1. The first-order valence-corrected chi connectivity index (χ1v) is 12.1. The SMILES string of the molecule is CC(=O)NCCc1c(C(c2ccccc2)c2c(O)c3cc(Cl)ccc3n(C)c2=O)[nH]c2ccccc12. The summed E-state index contributed by atoms with van der Waals surface area (Å²) in [7, 11) is 1.70. The van der Waals surface area contributed by atoms with E-state index in [1.54, 1.807) is 29.8 Å². The van der Waals surface area contributed by atoms with E-state index >= 15 is 0 Å². The number of fused-ring (bicyclic) bond motifs is 2. The van der Waals surface area contributed by atoms with Crippen molar-refractivity contribution in [1.82, 2.24) is 14.9 Å². The van der Waals surface area contributed by atoms with Crippen LogP contribution in [0.4, 0.5) is 0 Å². The number of halogens is 1. The molecule has 0 aliphatic carbocycles. The van der Waals surface area contributed by atoms with Gasteiger partial charge in [-0.15, -0.1) is 0 Å². The Hall–Kier alpha value is -4.03. The van der Waals surface area contributed by atoms with Crippen LogP contribution in [0.5, 0.6) is 5.75 Å². The fourth-order valence-electron chi connectivity index (χ4n) is 5.01. The average molecular weight is 500 g/mol. The zero-order chi connectivity index (χ0) is 25.4. The lowest BCUT2D eigenvalue weighted by Gasteiger charge is -2.22. The van der Waals surface area contributed by atoms with Crippen molar-refractivity contribution in [2.24, 2.45) is 7.05 Å². The Morgan fingerprint density at radius 3 is 2.53 bits per heavy atom. The third kappa shape index (κ3) is 4.14. The number of H-pyrrole nitrogens is 1. The van der Waals surface area contributed by atoms with Crippen LogP contribution < -0.4 is 10.9 Å². The van der Waals surface area contributed by atoms with Gasteiger partial charge in [0.05, 0.1) is 17.0 Å². The predicted molar refractivity (Wildman–Crippen MR) is 144 cm³/mol. The number of aromatic hydroxyl groups is 1. The molecule has 36 heavy (non-hydrogen) atoms. The second-order valence-electron chi connectivity index (χ2n) is 8.93. The Labute approximate surface area is 213 Å². The van der Waals surface area contributed by atoms with Crippen molar-refractivity contribution in [1.29, 1.82) is 0 Å². The number of rotatable bonds is 6. The van der Waals surface area contributed by atoms with E-state index in [-0.39, 0.29) is 22.8 Å². The van der Waals surface area contributed by atoms with Gasteiger partial charge >= 0.3 is 0 Å². The minimum Gasteiger partial charge on any atom is -0.507 e. The molecule has 3 N–H and O–H groups in total. The normalized spacial score (nSPS) is 12.2. The number of amides is 1. The molecule has 0 radical (unpaired) electrons. The summed E-state index contributed by atoms with van der Waals surface area (Å²) in [5, 5.41) is 16.4. The topological polar surface area (TPSA) is 87.1 Å². The molecular weight excluding hydrogens is 474 g/mol. The highest BCUT2D eigenvalue weighted by Crippen LogP contribution is 2.41. The van der Waals surface area contributed by atoms with E-state index in [9.17, 15) is 14.7 Å². The second-order valence-corrected chi connectivity index (χ2v) is 9.36. The number of carbonyl (C=O) groups is 1.